The quantitative estimate of drug-likeness (QED) is 0.691. The number of hydrogen-bond donors (Lipinski definition) is 0. The third-order valence-electron chi connectivity index (χ3n) is 1.37. The lowest BCUT2D eigenvalue weighted by Crippen LogP contribution is -2.44. The fraction of sp³-hybridized carbons (Fsp3) is 0.667. The number of ether oxygens (including phenoxy) is 1. The van der Waals surface area contributed by atoms with Crippen molar-refractivity contribution in [1.29, 1.82) is 0 Å². The Kier molecular flexibility index (Phi) is 3.91. The van der Waals surface area contributed by atoms with Gasteiger partial charge in [-0.2, -0.15) is 35.1 Å². The van der Waals surface area contributed by atoms with E-state index in [1.807, 2.05) is 0 Å². The van der Waals surface area contributed by atoms with Crippen molar-refractivity contribution in [3.05, 3.63) is 11.7 Å². The Morgan fingerprint density at radius 1 is 0.812 bits per heavy atom. The van der Waals surface area contributed by atoms with Gasteiger partial charge in [0.1, 0.15) is 0 Å². The lowest BCUT2D eigenvalue weighted by Gasteiger charge is -2.24. The Morgan fingerprint density at radius 3 is 1.38 bits per heavy atom. The molecule has 1 atom stereocenters. The van der Waals surface area contributed by atoms with E-state index in [2.05, 4.69) is 4.74 Å². The summed E-state index contributed by atoms with van der Waals surface area (Å²) in [7, 11) is -0.0588. The summed E-state index contributed by atoms with van der Waals surface area (Å²) in [6, 6.07) is 0. The van der Waals surface area contributed by atoms with E-state index in [0.717, 1.165) is 0 Å². The molecule has 0 aromatic rings. The van der Waals surface area contributed by atoms with Gasteiger partial charge in [0.05, 0.1) is 0 Å². The molecule has 0 aliphatic rings. The molecule has 1 nitrogen and oxygen atoms in total. The molecule has 0 rings (SSSR count). The molecule has 0 N–H and O–H groups in total. The molecule has 0 fully saturated rings. The lowest BCUT2D eigenvalue weighted by atomic mass is 10.2. The number of hydrogen-bond acceptors (Lipinski definition) is 1. The largest absolute Gasteiger partial charge is 0.455 e. The topological polar surface area (TPSA) is 9.23 Å². The molecule has 0 heterocycles. The Bertz CT molecular complexity index is 287. The van der Waals surface area contributed by atoms with Gasteiger partial charge < -0.3 is 4.74 Å². The van der Waals surface area contributed by atoms with Crippen LogP contribution in [0.4, 0.5) is 39.5 Å². The summed E-state index contributed by atoms with van der Waals surface area (Å²) >= 11 is 0. The van der Waals surface area contributed by atoms with E-state index in [-0.39, 0.29) is 7.11 Å². The molecule has 10 heteroatoms. The van der Waals surface area contributed by atoms with Crippen LogP contribution in [0.5, 0.6) is 0 Å². The van der Waals surface area contributed by atoms with Crippen molar-refractivity contribution in [3.8, 4) is 0 Å². The summed E-state index contributed by atoms with van der Waals surface area (Å²) < 4.78 is 110. The lowest BCUT2D eigenvalue weighted by molar-refractivity contribution is -0.314. The van der Waals surface area contributed by atoms with Gasteiger partial charge >= 0.3 is 18.2 Å². The number of alkyl halides is 7. The summed E-state index contributed by atoms with van der Waals surface area (Å²) in [6.45, 7) is 0. The number of methoxy groups -OCH3 is 1. The fourth-order valence-corrected chi connectivity index (χ4v) is 0.595. The third kappa shape index (κ3) is 2.60. The van der Waals surface area contributed by atoms with E-state index in [4.69, 9.17) is 0 Å². The highest BCUT2D eigenvalue weighted by molar-refractivity contribution is 5.16. The fourth-order valence-electron chi connectivity index (χ4n) is 0.595. The van der Waals surface area contributed by atoms with Crippen LogP contribution in [0, 0.1) is 0 Å². The molecule has 0 amide bonds. The first-order valence-corrected chi connectivity index (χ1v) is 3.31. The first-order valence-electron chi connectivity index (χ1n) is 3.31. The second kappa shape index (κ2) is 4.15. The molecular formula is C6H3F9O. The summed E-state index contributed by atoms with van der Waals surface area (Å²) in [5.41, 5.74) is 0. The number of halogens is 9. The van der Waals surface area contributed by atoms with Gasteiger partial charge in [0.15, 0.2) is 0 Å². The molecule has 0 bridgehead atoms. The van der Waals surface area contributed by atoms with Crippen molar-refractivity contribution >= 4 is 0 Å². The molecule has 0 radical (unpaired) electrons. The molecular weight excluding hydrogens is 259 g/mol. The molecule has 16 heavy (non-hydrogen) atoms. The second-order valence-corrected chi connectivity index (χ2v) is 2.42. The summed E-state index contributed by atoms with van der Waals surface area (Å²) in [4.78, 5) is 0. The Hall–Kier alpha value is -0.930. The van der Waals surface area contributed by atoms with E-state index in [9.17, 15) is 39.5 Å². The van der Waals surface area contributed by atoms with E-state index < -0.39 is 29.9 Å². The minimum Gasteiger partial charge on any atom is -0.337 e. The van der Waals surface area contributed by atoms with E-state index >= 15 is 0 Å². The van der Waals surface area contributed by atoms with E-state index in [1.54, 1.807) is 0 Å². The monoisotopic (exact) mass is 262 g/mol. The zero-order valence-corrected chi connectivity index (χ0v) is 7.31. The maximum atomic E-state index is 12.7. The van der Waals surface area contributed by atoms with Crippen molar-refractivity contribution in [2.24, 2.45) is 0 Å². The van der Waals surface area contributed by atoms with Gasteiger partial charge in [0.2, 0.25) is 11.7 Å². The van der Waals surface area contributed by atoms with Crippen molar-refractivity contribution in [2.45, 2.75) is 18.2 Å². The average molecular weight is 262 g/mol. The van der Waals surface area contributed by atoms with Gasteiger partial charge in [-0.3, -0.25) is 0 Å². The highest BCUT2D eigenvalue weighted by Gasteiger charge is 2.64. The molecule has 0 aliphatic heterocycles. The number of rotatable bonds is 2. The van der Waals surface area contributed by atoms with Crippen molar-refractivity contribution in [1.82, 2.24) is 0 Å². The van der Waals surface area contributed by atoms with Crippen LogP contribution in [0.2, 0.25) is 0 Å². The summed E-state index contributed by atoms with van der Waals surface area (Å²) in [5, 5.41) is 0. The Labute approximate surface area is 82.5 Å². The van der Waals surface area contributed by atoms with Gasteiger partial charge in [-0.15, -0.1) is 0 Å². The summed E-state index contributed by atoms with van der Waals surface area (Å²) in [5.74, 6) is -13.0. The number of allylic oxidation sites excluding steroid dienone is 1. The van der Waals surface area contributed by atoms with Crippen LogP contribution in [-0.2, 0) is 4.74 Å². The van der Waals surface area contributed by atoms with Crippen LogP contribution in [0.3, 0.4) is 0 Å². The maximum absolute atomic E-state index is 12.7. The molecule has 96 valence electrons. The minimum absolute atomic E-state index is 0.0588. The van der Waals surface area contributed by atoms with Crippen molar-refractivity contribution < 1.29 is 44.3 Å². The van der Waals surface area contributed by atoms with Crippen molar-refractivity contribution in [3.63, 3.8) is 0 Å². The Morgan fingerprint density at radius 2 is 1.19 bits per heavy atom. The maximum Gasteiger partial charge on any atom is 0.455 e. The average Bonchev–Trinajstić information content (AvgIpc) is 2.10. The van der Waals surface area contributed by atoms with Crippen LogP contribution in [-0.4, -0.2) is 25.3 Å². The van der Waals surface area contributed by atoms with Gasteiger partial charge in [0.25, 0.3) is 0 Å². The van der Waals surface area contributed by atoms with Crippen molar-refractivity contribution in [2.75, 3.05) is 7.11 Å². The Balaban J connectivity index is 5.63. The predicted octanol–water partition coefficient (Wildman–Crippen LogP) is 3.57. The standard InChI is InChI=1S/C6H3F9O/c1-16-4(9,6(13,14)15)2(7)3(8)5(10,11)12/h1H3/b3-2-. The van der Waals surface area contributed by atoms with E-state index in [1.165, 1.54) is 0 Å². The van der Waals surface area contributed by atoms with Crippen LogP contribution < -0.4 is 0 Å². The molecule has 0 spiro atoms. The highest BCUT2D eigenvalue weighted by Crippen LogP contribution is 2.45. The zero-order chi connectivity index (χ0) is 13.4. The smallest absolute Gasteiger partial charge is 0.337 e. The SMILES string of the molecule is COC(F)(/C(F)=C(/F)C(F)(F)F)C(F)(F)F. The van der Waals surface area contributed by atoms with Crippen LogP contribution >= 0.6 is 0 Å². The molecule has 0 aromatic heterocycles. The van der Waals surface area contributed by atoms with Crippen LogP contribution in [0.25, 0.3) is 0 Å². The predicted molar refractivity (Wildman–Crippen MR) is 32.2 cm³/mol. The molecule has 0 saturated carbocycles. The molecule has 0 saturated heterocycles. The highest BCUT2D eigenvalue weighted by atomic mass is 19.4. The van der Waals surface area contributed by atoms with Crippen LogP contribution in [0.15, 0.2) is 11.7 Å². The second-order valence-electron chi connectivity index (χ2n) is 2.42. The summed E-state index contributed by atoms with van der Waals surface area (Å²) in [6.07, 6.45) is -12.3. The molecule has 0 aliphatic carbocycles. The first-order chi connectivity index (χ1) is 6.88. The first kappa shape index (κ1) is 15.1. The zero-order valence-electron chi connectivity index (χ0n) is 7.31. The van der Waals surface area contributed by atoms with Gasteiger partial charge in [-0.25, -0.2) is 4.39 Å². The minimum atomic E-state index is -6.19. The molecule has 0 aromatic carbocycles. The van der Waals surface area contributed by atoms with Gasteiger partial charge in [-0.05, 0) is 0 Å². The molecule has 1 unspecified atom stereocenters. The van der Waals surface area contributed by atoms with Gasteiger partial charge in [-0.1, -0.05) is 0 Å². The van der Waals surface area contributed by atoms with Crippen LogP contribution in [0.1, 0.15) is 0 Å². The normalized spacial score (nSPS) is 19.1. The third-order valence-corrected chi connectivity index (χ3v) is 1.37. The van der Waals surface area contributed by atoms with Gasteiger partial charge in [0, 0.05) is 7.11 Å². The van der Waals surface area contributed by atoms with E-state index in [0.29, 0.717) is 0 Å².